The van der Waals surface area contributed by atoms with Crippen LogP contribution in [0.4, 0.5) is 0 Å². The number of rotatable bonds is 3. The van der Waals surface area contributed by atoms with Crippen LogP contribution in [0.15, 0.2) is 36.5 Å². The Bertz CT molecular complexity index is 455. The maximum Gasteiger partial charge on any atom is 0.265 e. The van der Waals surface area contributed by atoms with E-state index < -0.39 is 0 Å². The molecule has 82 valence electrons. The molecule has 5 heteroatoms. The second-order valence-electron chi connectivity index (χ2n) is 3.39. The standard InChI is InChI=1S/C11H11N3OS/c1-8(9-5-3-2-4-6-9)13-11(15)10-7-12-14-16-10/h2-8H,1H3,(H,13,15)/t8-/m0/s1. The van der Waals surface area contributed by atoms with Crippen molar-refractivity contribution in [3.8, 4) is 0 Å². The minimum Gasteiger partial charge on any atom is -0.345 e. The molecule has 0 aliphatic carbocycles. The van der Waals surface area contributed by atoms with Gasteiger partial charge in [-0.2, -0.15) is 0 Å². The summed E-state index contributed by atoms with van der Waals surface area (Å²) in [5.41, 5.74) is 1.08. The smallest absolute Gasteiger partial charge is 0.265 e. The average Bonchev–Trinajstić information content (AvgIpc) is 2.83. The van der Waals surface area contributed by atoms with E-state index >= 15 is 0 Å². The highest BCUT2D eigenvalue weighted by Crippen LogP contribution is 2.12. The van der Waals surface area contributed by atoms with Gasteiger partial charge >= 0.3 is 0 Å². The fourth-order valence-electron chi connectivity index (χ4n) is 1.36. The van der Waals surface area contributed by atoms with Crippen LogP contribution < -0.4 is 5.32 Å². The van der Waals surface area contributed by atoms with Gasteiger partial charge in [0.2, 0.25) is 0 Å². The number of hydrogen-bond donors (Lipinski definition) is 1. The summed E-state index contributed by atoms with van der Waals surface area (Å²) in [4.78, 5) is 12.2. The zero-order chi connectivity index (χ0) is 11.4. The second kappa shape index (κ2) is 4.85. The van der Waals surface area contributed by atoms with Gasteiger partial charge in [-0.25, -0.2) is 0 Å². The van der Waals surface area contributed by atoms with Crippen LogP contribution in [0.2, 0.25) is 0 Å². The van der Waals surface area contributed by atoms with Crippen molar-refractivity contribution in [1.82, 2.24) is 14.9 Å². The van der Waals surface area contributed by atoms with Crippen LogP contribution in [0.1, 0.15) is 28.2 Å². The number of nitrogens with zero attached hydrogens (tertiary/aromatic N) is 2. The summed E-state index contributed by atoms with van der Waals surface area (Å²) < 4.78 is 3.65. The number of carbonyl (C=O) groups excluding carboxylic acids is 1. The lowest BCUT2D eigenvalue weighted by atomic mass is 10.1. The Hall–Kier alpha value is -1.75. The molecule has 2 rings (SSSR count). The highest BCUT2D eigenvalue weighted by atomic mass is 32.1. The monoisotopic (exact) mass is 233 g/mol. The molecule has 0 unspecified atom stereocenters. The molecule has 0 spiro atoms. The summed E-state index contributed by atoms with van der Waals surface area (Å²) in [5, 5.41) is 6.52. The summed E-state index contributed by atoms with van der Waals surface area (Å²) in [6.45, 7) is 1.95. The van der Waals surface area contributed by atoms with E-state index in [0.717, 1.165) is 17.1 Å². The highest BCUT2D eigenvalue weighted by molar-refractivity contribution is 7.07. The van der Waals surface area contributed by atoms with Crippen LogP contribution in [-0.4, -0.2) is 15.5 Å². The molecule has 1 aromatic carbocycles. The number of carbonyl (C=O) groups is 1. The quantitative estimate of drug-likeness (QED) is 0.882. The first-order chi connectivity index (χ1) is 7.77. The van der Waals surface area contributed by atoms with Gasteiger partial charge in [-0.15, -0.1) is 5.10 Å². The maximum atomic E-state index is 11.7. The van der Waals surface area contributed by atoms with Gasteiger partial charge < -0.3 is 5.32 Å². The number of nitrogens with one attached hydrogen (secondary N) is 1. The Balaban J connectivity index is 2.03. The third-order valence-corrected chi connectivity index (χ3v) is 2.90. The average molecular weight is 233 g/mol. The van der Waals surface area contributed by atoms with Crippen molar-refractivity contribution < 1.29 is 4.79 Å². The first kappa shape index (κ1) is 10.8. The fourth-order valence-corrected chi connectivity index (χ4v) is 1.78. The van der Waals surface area contributed by atoms with Crippen LogP contribution >= 0.6 is 11.5 Å². The number of aromatic nitrogens is 2. The lowest BCUT2D eigenvalue weighted by Crippen LogP contribution is -2.25. The van der Waals surface area contributed by atoms with Gasteiger partial charge in [-0.05, 0) is 24.0 Å². The summed E-state index contributed by atoms with van der Waals surface area (Å²) in [6, 6.07) is 9.80. The number of benzene rings is 1. The van der Waals surface area contributed by atoms with E-state index in [1.54, 1.807) is 0 Å². The Morgan fingerprint density at radius 2 is 2.12 bits per heavy atom. The first-order valence-corrected chi connectivity index (χ1v) is 5.68. The fraction of sp³-hybridized carbons (Fsp3) is 0.182. The van der Waals surface area contributed by atoms with Gasteiger partial charge in [-0.1, -0.05) is 34.8 Å². The predicted octanol–water partition coefficient (Wildman–Crippen LogP) is 2.03. The summed E-state index contributed by atoms with van der Waals surface area (Å²) in [5.74, 6) is -0.133. The molecule has 4 nitrogen and oxygen atoms in total. The van der Waals surface area contributed by atoms with Crippen LogP contribution in [0, 0.1) is 0 Å². The Kier molecular flexibility index (Phi) is 3.26. The van der Waals surface area contributed by atoms with E-state index in [0.29, 0.717) is 4.88 Å². The Morgan fingerprint density at radius 1 is 1.38 bits per heavy atom. The molecule has 0 saturated heterocycles. The zero-order valence-electron chi connectivity index (χ0n) is 8.75. The molecule has 0 saturated carbocycles. The maximum absolute atomic E-state index is 11.7. The molecular formula is C11H11N3OS. The molecule has 1 N–H and O–H groups in total. The van der Waals surface area contributed by atoms with Gasteiger partial charge in [0.05, 0.1) is 12.2 Å². The summed E-state index contributed by atoms with van der Waals surface area (Å²) in [7, 11) is 0. The van der Waals surface area contributed by atoms with Gasteiger partial charge in [0, 0.05) is 0 Å². The summed E-state index contributed by atoms with van der Waals surface area (Å²) >= 11 is 1.10. The molecule has 1 atom stereocenters. The van der Waals surface area contributed by atoms with Crippen LogP contribution in [0.3, 0.4) is 0 Å². The van der Waals surface area contributed by atoms with Gasteiger partial charge in [0.15, 0.2) is 0 Å². The van der Waals surface area contributed by atoms with Crippen LogP contribution in [0.25, 0.3) is 0 Å². The van der Waals surface area contributed by atoms with Crippen molar-refractivity contribution in [3.63, 3.8) is 0 Å². The summed E-state index contributed by atoms with van der Waals surface area (Å²) in [6.07, 6.45) is 1.47. The number of amides is 1. The molecule has 1 heterocycles. The highest BCUT2D eigenvalue weighted by Gasteiger charge is 2.12. The lowest BCUT2D eigenvalue weighted by Gasteiger charge is -2.12. The van der Waals surface area contributed by atoms with Crippen molar-refractivity contribution in [2.24, 2.45) is 0 Å². The molecule has 0 aliphatic rings. The van der Waals surface area contributed by atoms with Crippen molar-refractivity contribution in [3.05, 3.63) is 47.0 Å². The zero-order valence-corrected chi connectivity index (χ0v) is 9.57. The molecule has 0 aliphatic heterocycles. The minimum atomic E-state index is -0.133. The topological polar surface area (TPSA) is 54.9 Å². The van der Waals surface area contributed by atoms with Gasteiger partial charge in [-0.3, -0.25) is 4.79 Å². The SMILES string of the molecule is C[C@H](NC(=O)c1cnns1)c1ccccc1. The van der Waals surface area contributed by atoms with E-state index in [4.69, 9.17) is 0 Å². The van der Waals surface area contributed by atoms with Crippen molar-refractivity contribution >= 4 is 17.4 Å². The molecule has 2 aromatic rings. The molecule has 1 aromatic heterocycles. The van der Waals surface area contributed by atoms with E-state index in [-0.39, 0.29) is 11.9 Å². The first-order valence-electron chi connectivity index (χ1n) is 4.90. The van der Waals surface area contributed by atoms with Gasteiger partial charge in [0.25, 0.3) is 5.91 Å². The van der Waals surface area contributed by atoms with E-state index in [2.05, 4.69) is 14.9 Å². The second-order valence-corrected chi connectivity index (χ2v) is 4.17. The molecule has 0 fully saturated rings. The number of hydrogen-bond acceptors (Lipinski definition) is 4. The normalized spacial score (nSPS) is 12.1. The van der Waals surface area contributed by atoms with Crippen molar-refractivity contribution in [2.75, 3.05) is 0 Å². The molecule has 16 heavy (non-hydrogen) atoms. The molecular weight excluding hydrogens is 222 g/mol. The van der Waals surface area contributed by atoms with Crippen LogP contribution in [0.5, 0.6) is 0 Å². The van der Waals surface area contributed by atoms with Crippen LogP contribution in [-0.2, 0) is 0 Å². The largest absolute Gasteiger partial charge is 0.345 e. The Labute approximate surface area is 97.5 Å². The van der Waals surface area contributed by atoms with Crippen molar-refractivity contribution in [1.29, 1.82) is 0 Å². The minimum absolute atomic E-state index is 0.0178. The molecule has 0 radical (unpaired) electrons. The van der Waals surface area contributed by atoms with Crippen molar-refractivity contribution in [2.45, 2.75) is 13.0 Å². The Morgan fingerprint density at radius 3 is 2.75 bits per heavy atom. The van der Waals surface area contributed by atoms with E-state index in [9.17, 15) is 4.79 Å². The molecule has 1 amide bonds. The third-order valence-electron chi connectivity index (χ3n) is 2.23. The molecule has 0 bridgehead atoms. The van der Waals surface area contributed by atoms with E-state index in [1.165, 1.54) is 6.20 Å². The predicted molar refractivity (Wildman–Crippen MR) is 62.2 cm³/mol. The lowest BCUT2D eigenvalue weighted by molar-refractivity contribution is 0.0944. The third kappa shape index (κ3) is 2.43. The van der Waals surface area contributed by atoms with E-state index in [1.807, 2.05) is 37.3 Å². The van der Waals surface area contributed by atoms with Gasteiger partial charge in [0.1, 0.15) is 4.88 Å².